The summed E-state index contributed by atoms with van der Waals surface area (Å²) in [4.78, 5) is 21.8. The maximum absolute atomic E-state index is 11.7. The zero-order chi connectivity index (χ0) is 15.0. The van der Waals surface area contributed by atoms with Gasteiger partial charge in [0.2, 0.25) is 5.91 Å². The third-order valence-electron chi connectivity index (χ3n) is 2.56. The van der Waals surface area contributed by atoms with Gasteiger partial charge in [0.25, 0.3) is 0 Å². The minimum atomic E-state index is -0.0436. The number of likely N-dealkylation sites (N-methyl/N-ethyl adjacent to an activating group) is 1. The van der Waals surface area contributed by atoms with E-state index in [2.05, 4.69) is 15.3 Å². The van der Waals surface area contributed by atoms with Crippen LogP contribution in [0.15, 0.2) is 6.07 Å². The Bertz CT molecular complexity index is 439. The van der Waals surface area contributed by atoms with Crippen LogP contribution in [-0.2, 0) is 16.1 Å². The van der Waals surface area contributed by atoms with Crippen LogP contribution >= 0.6 is 0 Å². The second-order valence-electron chi connectivity index (χ2n) is 4.41. The van der Waals surface area contributed by atoms with E-state index in [0.717, 1.165) is 6.42 Å². The quantitative estimate of drug-likeness (QED) is 0.723. The number of nitrogens with two attached hydrogens (primary N) is 1. The molecule has 1 heterocycles. The summed E-state index contributed by atoms with van der Waals surface area (Å²) < 4.78 is 5.27. The molecule has 1 amide bonds. The predicted octanol–water partition coefficient (Wildman–Crippen LogP) is 0.558. The topological polar surface area (TPSA) is 93.4 Å². The normalized spacial score (nSPS) is 10.3. The summed E-state index contributed by atoms with van der Waals surface area (Å²) in [6.45, 7) is 5.71. The number of aromatic nitrogens is 2. The number of hydrogen-bond acceptors (Lipinski definition) is 6. The molecular weight excluding hydrogens is 258 g/mol. The van der Waals surface area contributed by atoms with Crippen LogP contribution in [-0.4, -0.2) is 42.6 Å². The van der Waals surface area contributed by atoms with Gasteiger partial charge < -0.3 is 20.7 Å². The first-order valence-corrected chi connectivity index (χ1v) is 6.75. The molecule has 0 radical (unpaired) electrons. The van der Waals surface area contributed by atoms with Crippen LogP contribution in [0, 0.1) is 0 Å². The molecule has 1 aromatic rings. The molecule has 0 atom stereocenters. The first-order chi connectivity index (χ1) is 9.56. The van der Waals surface area contributed by atoms with Crippen LogP contribution in [0.25, 0.3) is 0 Å². The van der Waals surface area contributed by atoms with Crippen molar-refractivity contribution in [1.29, 1.82) is 0 Å². The number of carbonyl (C=O) groups is 1. The van der Waals surface area contributed by atoms with Crippen molar-refractivity contribution in [3.8, 4) is 0 Å². The van der Waals surface area contributed by atoms with Crippen molar-refractivity contribution in [2.45, 2.75) is 26.9 Å². The molecular formula is C13H23N5O2. The van der Waals surface area contributed by atoms with E-state index in [0.29, 0.717) is 37.2 Å². The van der Waals surface area contributed by atoms with Gasteiger partial charge in [-0.3, -0.25) is 4.79 Å². The van der Waals surface area contributed by atoms with Gasteiger partial charge in [0, 0.05) is 26.3 Å². The molecule has 0 saturated carbocycles. The molecule has 0 bridgehead atoms. The summed E-state index contributed by atoms with van der Waals surface area (Å²) in [7, 11) is 1.79. The van der Waals surface area contributed by atoms with Crippen molar-refractivity contribution in [3.05, 3.63) is 11.9 Å². The van der Waals surface area contributed by atoms with Crippen LogP contribution in [0.2, 0.25) is 0 Å². The fraction of sp³-hybridized carbons (Fsp3) is 0.615. The molecule has 1 rings (SSSR count). The zero-order valence-electron chi connectivity index (χ0n) is 12.3. The molecule has 0 aliphatic heterocycles. The summed E-state index contributed by atoms with van der Waals surface area (Å²) in [5, 5.41) is 2.82. The second kappa shape index (κ2) is 8.31. The number of nitrogens with zero attached hydrogens (tertiary/aromatic N) is 3. The largest absolute Gasteiger partial charge is 0.384 e. The van der Waals surface area contributed by atoms with Crippen LogP contribution in [0.4, 0.5) is 11.6 Å². The maximum atomic E-state index is 11.7. The lowest BCUT2D eigenvalue weighted by atomic mass is 10.4. The standard InChI is InChI=1S/C13H23N5O2/c1-4-6-15-13(19)8-18(3)12-7-10(14)16-11(17-12)9-20-5-2/h7H,4-6,8-9H2,1-3H3,(H,15,19)(H2,14,16,17). The summed E-state index contributed by atoms with van der Waals surface area (Å²) in [5.74, 6) is 1.45. The molecule has 0 aliphatic carbocycles. The highest BCUT2D eigenvalue weighted by atomic mass is 16.5. The van der Waals surface area contributed by atoms with Crippen LogP contribution in [0.3, 0.4) is 0 Å². The average Bonchev–Trinajstić information content (AvgIpc) is 2.42. The van der Waals surface area contributed by atoms with E-state index in [-0.39, 0.29) is 12.5 Å². The third kappa shape index (κ3) is 5.40. The molecule has 0 saturated heterocycles. The lowest BCUT2D eigenvalue weighted by Crippen LogP contribution is -2.36. The Morgan fingerprint density at radius 2 is 2.20 bits per heavy atom. The number of ether oxygens (including phenoxy) is 1. The molecule has 0 unspecified atom stereocenters. The van der Waals surface area contributed by atoms with Crippen LogP contribution in [0.5, 0.6) is 0 Å². The molecule has 0 fully saturated rings. The fourth-order valence-corrected chi connectivity index (χ4v) is 1.57. The van der Waals surface area contributed by atoms with Crippen LogP contribution in [0.1, 0.15) is 26.1 Å². The average molecular weight is 281 g/mol. The number of carbonyl (C=O) groups excluding carboxylic acids is 1. The zero-order valence-corrected chi connectivity index (χ0v) is 12.3. The first kappa shape index (κ1) is 16.2. The summed E-state index contributed by atoms with van der Waals surface area (Å²) in [6, 6.07) is 1.64. The number of rotatable bonds is 8. The summed E-state index contributed by atoms with van der Waals surface area (Å²) >= 11 is 0. The van der Waals surface area contributed by atoms with E-state index in [1.807, 2.05) is 13.8 Å². The van der Waals surface area contributed by atoms with E-state index < -0.39 is 0 Å². The predicted molar refractivity (Wildman–Crippen MR) is 78.3 cm³/mol. The molecule has 7 heteroatoms. The van der Waals surface area contributed by atoms with Gasteiger partial charge in [0.05, 0.1) is 6.54 Å². The Labute approximate surface area is 119 Å². The summed E-state index contributed by atoms with van der Waals surface area (Å²) in [5.41, 5.74) is 5.75. The lowest BCUT2D eigenvalue weighted by molar-refractivity contribution is -0.119. The van der Waals surface area contributed by atoms with Crippen molar-refractivity contribution in [1.82, 2.24) is 15.3 Å². The minimum Gasteiger partial charge on any atom is -0.384 e. The Kier molecular flexibility index (Phi) is 6.72. The van der Waals surface area contributed by atoms with E-state index in [9.17, 15) is 4.79 Å². The van der Waals surface area contributed by atoms with Gasteiger partial charge in [-0.2, -0.15) is 0 Å². The Balaban J connectivity index is 2.68. The van der Waals surface area contributed by atoms with Crippen molar-refractivity contribution in [2.24, 2.45) is 0 Å². The summed E-state index contributed by atoms with van der Waals surface area (Å²) in [6.07, 6.45) is 0.911. The highest BCUT2D eigenvalue weighted by molar-refractivity contribution is 5.80. The molecule has 0 aliphatic rings. The second-order valence-corrected chi connectivity index (χ2v) is 4.41. The molecule has 0 spiro atoms. The molecule has 20 heavy (non-hydrogen) atoms. The maximum Gasteiger partial charge on any atom is 0.239 e. The van der Waals surface area contributed by atoms with Crippen molar-refractivity contribution < 1.29 is 9.53 Å². The lowest BCUT2D eigenvalue weighted by Gasteiger charge is -2.18. The van der Waals surface area contributed by atoms with Crippen molar-refractivity contribution in [3.63, 3.8) is 0 Å². The molecule has 0 aromatic carbocycles. The number of amides is 1. The first-order valence-electron chi connectivity index (χ1n) is 6.75. The van der Waals surface area contributed by atoms with Crippen molar-refractivity contribution >= 4 is 17.5 Å². The van der Waals surface area contributed by atoms with Gasteiger partial charge in [-0.15, -0.1) is 0 Å². The van der Waals surface area contributed by atoms with E-state index in [4.69, 9.17) is 10.5 Å². The Morgan fingerprint density at radius 3 is 2.85 bits per heavy atom. The smallest absolute Gasteiger partial charge is 0.239 e. The molecule has 1 aromatic heterocycles. The van der Waals surface area contributed by atoms with Gasteiger partial charge in [-0.25, -0.2) is 9.97 Å². The van der Waals surface area contributed by atoms with Gasteiger partial charge in [-0.1, -0.05) is 6.92 Å². The molecule has 7 nitrogen and oxygen atoms in total. The monoisotopic (exact) mass is 281 g/mol. The highest BCUT2D eigenvalue weighted by Crippen LogP contribution is 2.12. The fourth-order valence-electron chi connectivity index (χ4n) is 1.57. The third-order valence-corrected chi connectivity index (χ3v) is 2.56. The molecule has 3 N–H and O–H groups in total. The Hall–Kier alpha value is -1.89. The van der Waals surface area contributed by atoms with E-state index in [1.54, 1.807) is 18.0 Å². The molecule has 112 valence electrons. The number of nitrogens with one attached hydrogen (secondary N) is 1. The van der Waals surface area contributed by atoms with Gasteiger partial charge >= 0.3 is 0 Å². The number of anilines is 2. The number of hydrogen-bond donors (Lipinski definition) is 2. The van der Waals surface area contributed by atoms with Crippen LogP contribution < -0.4 is 16.0 Å². The highest BCUT2D eigenvalue weighted by Gasteiger charge is 2.10. The Morgan fingerprint density at radius 1 is 1.45 bits per heavy atom. The number of nitrogen functional groups attached to an aromatic ring is 1. The van der Waals surface area contributed by atoms with Crippen molar-refractivity contribution in [2.75, 3.05) is 37.4 Å². The van der Waals surface area contributed by atoms with Gasteiger partial charge in [-0.05, 0) is 13.3 Å². The van der Waals surface area contributed by atoms with E-state index in [1.165, 1.54) is 0 Å². The van der Waals surface area contributed by atoms with E-state index >= 15 is 0 Å². The minimum absolute atomic E-state index is 0.0436. The van der Waals surface area contributed by atoms with Gasteiger partial charge in [0.1, 0.15) is 18.2 Å². The SMILES string of the molecule is CCCNC(=O)CN(C)c1cc(N)nc(COCC)n1. The van der Waals surface area contributed by atoms with Gasteiger partial charge in [0.15, 0.2) is 5.82 Å².